The number of halogens is 1. The van der Waals surface area contributed by atoms with Crippen LogP contribution in [0.25, 0.3) is 0 Å². The first kappa shape index (κ1) is 12.4. The van der Waals surface area contributed by atoms with Crippen molar-refractivity contribution in [2.24, 2.45) is 0 Å². The molecule has 1 aliphatic heterocycles. The molecule has 0 aliphatic carbocycles. The Morgan fingerprint density at radius 3 is 2.53 bits per heavy atom. The van der Waals surface area contributed by atoms with E-state index >= 15 is 0 Å². The Morgan fingerprint density at radius 2 is 1.84 bits per heavy atom. The SMILES string of the molecule is CC1(c2coc([CH]c3ccc(F)cc3)c2)OCCO1. The molecule has 0 N–H and O–H groups in total. The molecule has 3 rings (SSSR count). The van der Waals surface area contributed by atoms with Gasteiger partial charge in [0.15, 0.2) is 5.79 Å². The Hall–Kier alpha value is -1.65. The topological polar surface area (TPSA) is 31.6 Å². The van der Waals surface area contributed by atoms with Crippen LogP contribution in [0, 0.1) is 12.2 Å². The zero-order valence-corrected chi connectivity index (χ0v) is 10.6. The number of hydrogen-bond acceptors (Lipinski definition) is 3. The summed E-state index contributed by atoms with van der Waals surface area (Å²) in [5, 5.41) is 0. The van der Waals surface area contributed by atoms with E-state index in [0.717, 1.165) is 11.1 Å². The summed E-state index contributed by atoms with van der Waals surface area (Å²) in [6.07, 6.45) is 3.46. The zero-order chi connectivity index (χ0) is 13.3. The Balaban J connectivity index is 1.76. The summed E-state index contributed by atoms with van der Waals surface area (Å²) in [6.45, 7) is 3.03. The van der Waals surface area contributed by atoms with Crippen molar-refractivity contribution < 1.29 is 18.3 Å². The van der Waals surface area contributed by atoms with Crippen LogP contribution < -0.4 is 0 Å². The molecule has 1 fully saturated rings. The molecule has 4 heteroatoms. The number of furan rings is 1. The molecule has 0 atom stereocenters. The highest BCUT2D eigenvalue weighted by Crippen LogP contribution is 2.32. The summed E-state index contributed by atoms with van der Waals surface area (Å²) in [5.41, 5.74) is 1.72. The average molecular weight is 261 g/mol. The molecular weight excluding hydrogens is 247 g/mol. The maximum Gasteiger partial charge on any atom is 0.195 e. The highest BCUT2D eigenvalue weighted by atomic mass is 19.1. The Labute approximate surface area is 110 Å². The van der Waals surface area contributed by atoms with Gasteiger partial charge >= 0.3 is 0 Å². The second-order valence-electron chi connectivity index (χ2n) is 4.58. The molecule has 1 aromatic carbocycles. The smallest absolute Gasteiger partial charge is 0.195 e. The Bertz CT molecular complexity index is 553. The van der Waals surface area contributed by atoms with Crippen LogP contribution >= 0.6 is 0 Å². The van der Waals surface area contributed by atoms with E-state index in [1.165, 1.54) is 12.1 Å². The van der Waals surface area contributed by atoms with Crippen LogP contribution in [0.3, 0.4) is 0 Å². The molecule has 3 nitrogen and oxygen atoms in total. The van der Waals surface area contributed by atoms with Crippen molar-refractivity contribution in [1.29, 1.82) is 0 Å². The number of ether oxygens (including phenoxy) is 2. The lowest BCUT2D eigenvalue weighted by Gasteiger charge is -2.19. The first-order valence-corrected chi connectivity index (χ1v) is 6.13. The minimum Gasteiger partial charge on any atom is -0.468 e. The van der Waals surface area contributed by atoms with E-state index in [4.69, 9.17) is 13.9 Å². The Morgan fingerprint density at radius 1 is 1.16 bits per heavy atom. The number of benzene rings is 1. The van der Waals surface area contributed by atoms with Crippen molar-refractivity contribution in [3.05, 3.63) is 65.7 Å². The summed E-state index contributed by atoms with van der Waals surface area (Å²) in [4.78, 5) is 0. The average Bonchev–Trinajstić information content (AvgIpc) is 3.02. The molecule has 1 aliphatic rings. The molecule has 1 aromatic heterocycles. The van der Waals surface area contributed by atoms with Gasteiger partial charge in [-0.25, -0.2) is 4.39 Å². The summed E-state index contributed by atoms with van der Waals surface area (Å²) >= 11 is 0. The molecule has 19 heavy (non-hydrogen) atoms. The molecule has 2 aromatic rings. The molecule has 0 spiro atoms. The fraction of sp³-hybridized carbons (Fsp3) is 0.267. The molecular formula is C15H14FO3. The summed E-state index contributed by atoms with van der Waals surface area (Å²) in [5.74, 6) is -0.294. The third-order valence-electron chi connectivity index (χ3n) is 3.16. The normalized spacial score (nSPS) is 17.8. The molecule has 1 radical (unpaired) electrons. The fourth-order valence-electron chi connectivity index (χ4n) is 2.07. The van der Waals surface area contributed by atoms with Gasteiger partial charge in [0.05, 0.1) is 25.9 Å². The minimum atomic E-state index is -0.724. The standard InChI is InChI=1S/C15H14FO3/c1-15(18-6-7-19-15)12-9-14(17-10-12)8-11-2-4-13(16)5-3-11/h2-5,8-10H,6-7H2,1H3. The van der Waals surface area contributed by atoms with E-state index in [-0.39, 0.29) is 5.82 Å². The van der Waals surface area contributed by atoms with Gasteiger partial charge in [-0.1, -0.05) is 12.1 Å². The second-order valence-corrected chi connectivity index (χ2v) is 4.58. The van der Waals surface area contributed by atoms with E-state index in [2.05, 4.69) is 0 Å². The predicted molar refractivity (Wildman–Crippen MR) is 66.9 cm³/mol. The van der Waals surface area contributed by atoms with Gasteiger partial charge in [0.2, 0.25) is 0 Å². The van der Waals surface area contributed by atoms with Crippen LogP contribution in [0.5, 0.6) is 0 Å². The van der Waals surface area contributed by atoms with Crippen molar-refractivity contribution in [2.45, 2.75) is 12.7 Å². The van der Waals surface area contributed by atoms with E-state index in [1.807, 2.05) is 19.4 Å². The highest BCUT2D eigenvalue weighted by Gasteiger charge is 2.34. The minimum absolute atomic E-state index is 0.252. The third kappa shape index (κ3) is 2.55. The van der Waals surface area contributed by atoms with Gasteiger partial charge in [-0.2, -0.15) is 0 Å². The van der Waals surface area contributed by atoms with Gasteiger partial charge in [0.1, 0.15) is 11.6 Å². The van der Waals surface area contributed by atoms with Crippen LogP contribution in [0.2, 0.25) is 0 Å². The molecule has 1 saturated heterocycles. The van der Waals surface area contributed by atoms with E-state index in [0.29, 0.717) is 19.0 Å². The molecule has 99 valence electrons. The van der Waals surface area contributed by atoms with Gasteiger partial charge < -0.3 is 13.9 Å². The van der Waals surface area contributed by atoms with E-state index in [1.54, 1.807) is 18.4 Å². The lowest BCUT2D eigenvalue weighted by atomic mass is 10.1. The summed E-state index contributed by atoms with van der Waals surface area (Å²) < 4.78 is 29.4. The summed E-state index contributed by atoms with van der Waals surface area (Å²) in [7, 11) is 0. The lowest BCUT2D eigenvalue weighted by molar-refractivity contribution is -0.150. The highest BCUT2D eigenvalue weighted by molar-refractivity contribution is 5.34. The Kier molecular flexibility index (Phi) is 3.12. The number of hydrogen-bond donors (Lipinski definition) is 0. The van der Waals surface area contributed by atoms with Crippen LogP contribution in [0.4, 0.5) is 4.39 Å². The second kappa shape index (κ2) is 4.79. The van der Waals surface area contributed by atoms with Crippen molar-refractivity contribution in [1.82, 2.24) is 0 Å². The first-order valence-electron chi connectivity index (χ1n) is 6.13. The van der Waals surface area contributed by atoms with Crippen molar-refractivity contribution in [3.63, 3.8) is 0 Å². The molecule has 0 amide bonds. The molecule has 0 bridgehead atoms. The van der Waals surface area contributed by atoms with Gasteiger partial charge in [-0.05, 0) is 30.7 Å². The summed E-state index contributed by atoms with van der Waals surface area (Å²) in [6, 6.07) is 8.10. The van der Waals surface area contributed by atoms with Gasteiger partial charge in [-0.3, -0.25) is 0 Å². The van der Waals surface area contributed by atoms with Crippen LogP contribution in [0.1, 0.15) is 23.8 Å². The van der Waals surface area contributed by atoms with E-state index in [9.17, 15) is 4.39 Å². The third-order valence-corrected chi connectivity index (χ3v) is 3.16. The quantitative estimate of drug-likeness (QED) is 0.850. The lowest BCUT2D eigenvalue weighted by Crippen LogP contribution is -2.21. The maximum absolute atomic E-state index is 12.8. The van der Waals surface area contributed by atoms with E-state index < -0.39 is 5.79 Å². The van der Waals surface area contributed by atoms with Crippen LogP contribution in [0.15, 0.2) is 41.0 Å². The molecule has 0 saturated carbocycles. The molecule has 0 unspecified atom stereocenters. The maximum atomic E-state index is 12.8. The van der Waals surface area contributed by atoms with Gasteiger partial charge in [-0.15, -0.1) is 0 Å². The van der Waals surface area contributed by atoms with Gasteiger partial charge in [0.25, 0.3) is 0 Å². The first-order chi connectivity index (χ1) is 9.16. The van der Waals surface area contributed by atoms with Crippen molar-refractivity contribution in [2.75, 3.05) is 13.2 Å². The largest absolute Gasteiger partial charge is 0.468 e. The number of rotatable bonds is 3. The zero-order valence-electron chi connectivity index (χ0n) is 10.6. The monoisotopic (exact) mass is 261 g/mol. The van der Waals surface area contributed by atoms with Crippen molar-refractivity contribution >= 4 is 0 Å². The predicted octanol–water partition coefficient (Wildman–Crippen LogP) is 3.24. The van der Waals surface area contributed by atoms with Crippen molar-refractivity contribution in [3.8, 4) is 0 Å². The van der Waals surface area contributed by atoms with Crippen LogP contribution in [-0.4, -0.2) is 13.2 Å². The van der Waals surface area contributed by atoms with Gasteiger partial charge in [0, 0.05) is 5.56 Å². The van der Waals surface area contributed by atoms with Crippen LogP contribution in [-0.2, 0) is 15.3 Å². The fourth-order valence-corrected chi connectivity index (χ4v) is 2.07. The molecule has 2 heterocycles.